The Balaban J connectivity index is 1.92. The van der Waals surface area contributed by atoms with Crippen LogP contribution in [0.15, 0.2) is 54.6 Å². The number of ether oxygens (including phenoxy) is 3. The summed E-state index contributed by atoms with van der Waals surface area (Å²) in [5.74, 6) is 1.99. The molecular formula is C24H28N2O3. The third kappa shape index (κ3) is 3.76. The van der Waals surface area contributed by atoms with E-state index in [0.717, 1.165) is 31.7 Å². The van der Waals surface area contributed by atoms with Crippen molar-refractivity contribution < 1.29 is 14.2 Å². The molecule has 1 aliphatic heterocycles. The first kappa shape index (κ1) is 19.6. The number of methoxy groups -OCH3 is 3. The molecule has 1 fully saturated rings. The van der Waals surface area contributed by atoms with Crippen molar-refractivity contribution in [2.75, 3.05) is 47.5 Å². The molecule has 4 rings (SSSR count). The summed E-state index contributed by atoms with van der Waals surface area (Å²) in [5, 5.41) is 5.98. The summed E-state index contributed by atoms with van der Waals surface area (Å²) < 4.78 is 16.8. The van der Waals surface area contributed by atoms with Crippen LogP contribution in [0.5, 0.6) is 17.2 Å². The van der Waals surface area contributed by atoms with Crippen LogP contribution in [0.25, 0.3) is 10.8 Å². The molecule has 5 heteroatoms. The second kappa shape index (κ2) is 8.72. The van der Waals surface area contributed by atoms with Crippen LogP contribution < -0.4 is 19.5 Å². The first-order chi connectivity index (χ1) is 14.3. The van der Waals surface area contributed by atoms with Gasteiger partial charge in [-0.05, 0) is 34.0 Å². The molecule has 1 N–H and O–H groups in total. The minimum atomic E-state index is 0.0944. The van der Waals surface area contributed by atoms with Crippen molar-refractivity contribution in [3.8, 4) is 17.2 Å². The smallest absolute Gasteiger partial charge is 0.203 e. The van der Waals surface area contributed by atoms with Crippen molar-refractivity contribution in [3.05, 3.63) is 65.7 Å². The van der Waals surface area contributed by atoms with Gasteiger partial charge in [-0.2, -0.15) is 0 Å². The van der Waals surface area contributed by atoms with E-state index in [1.54, 1.807) is 21.3 Å². The Morgan fingerprint density at radius 2 is 1.48 bits per heavy atom. The van der Waals surface area contributed by atoms with Gasteiger partial charge in [-0.25, -0.2) is 0 Å². The fourth-order valence-electron chi connectivity index (χ4n) is 4.28. The molecule has 1 heterocycles. The fourth-order valence-corrected chi connectivity index (χ4v) is 4.28. The standard InChI is InChI=1S/C24H28N2O3/c1-27-21-15-18(16-22(28-2)24(21)29-3)23(26-13-11-25-12-14-26)20-10-6-8-17-7-4-5-9-19(17)20/h4-10,15-16,23,25H,11-14H2,1-3H3. The quantitative estimate of drug-likeness (QED) is 0.690. The molecule has 0 aromatic heterocycles. The summed E-state index contributed by atoms with van der Waals surface area (Å²) in [4.78, 5) is 2.53. The van der Waals surface area contributed by atoms with E-state index in [1.807, 2.05) is 0 Å². The number of fused-ring (bicyclic) bond motifs is 1. The van der Waals surface area contributed by atoms with E-state index in [2.05, 4.69) is 64.8 Å². The molecule has 1 unspecified atom stereocenters. The molecule has 1 atom stereocenters. The summed E-state index contributed by atoms with van der Waals surface area (Å²) in [6.07, 6.45) is 0. The minimum absolute atomic E-state index is 0.0944. The summed E-state index contributed by atoms with van der Waals surface area (Å²) in [5.41, 5.74) is 2.43. The molecule has 0 saturated carbocycles. The zero-order chi connectivity index (χ0) is 20.2. The Labute approximate surface area is 172 Å². The Bertz CT molecular complexity index is 953. The average Bonchev–Trinajstić information content (AvgIpc) is 2.79. The zero-order valence-corrected chi connectivity index (χ0v) is 17.3. The second-order valence-corrected chi connectivity index (χ2v) is 7.22. The number of hydrogen-bond acceptors (Lipinski definition) is 5. The summed E-state index contributed by atoms with van der Waals surface area (Å²) in [6.45, 7) is 3.91. The van der Waals surface area contributed by atoms with Gasteiger partial charge in [0.15, 0.2) is 11.5 Å². The van der Waals surface area contributed by atoms with Crippen LogP contribution in [0.4, 0.5) is 0 Å². The molecule has 3 aromatic carbocycles. The van der Waals surface area contributed by atoms with Crippen molar-refractivity contribution in [2.45, 2.75) is 6.04 Å². The van der Waals surface area contributed by atoms with Crippen LogP contribution in [0, 0.1) is 0 Å². The van der Waals surface area contributed by atoms with Gasteiger partial charge in [0.25, 0.3) is 0 Å². The van der Waals surface area contributed by atoms with Crippen molar-refractivity contribution in [3.63, 3.8) is 0 Å². The maximum Gasteiger partial charge on any atom is 0.203 e. The number of benzene rings is 3. The van der Waals surface area contributed by atoms with Crippen LogP contribution >= 0.6 is 0 Å². The average molecular weight is 392 g/mol. The Morgan fingerprint density at radius 1 is 0.828 bits per heavy atom. The van der Waals surface area contributed by atoms with Crippen LogP contribution in [0.1, 0.15) is 17.2 Å². The van der Waals surface area contributed by atoms with Gasteiger partial charge < -0.3 is 19.5 Å². The predicted molar refractivity (Wildman–Crippen MR) is 116 cm³/mol. The molecule has 0 spiro atoms. The first-order valence-electron chi connectivity index (χ1n) is 9.99. The largest absolute Gasteiger partial charge is 0.493 e. The van der Waals surface area contributed by atoms with Gasteiger partial charge >= 0.3 is 0 Å². The van der Waals surface area contributed by atoms with Crippen molar-refractivity contribution >= 4 is 10.8 Å². The van der Waals surface area contributed by atoms with Crippen LogP contribution in [0.3, 0.4) is 0 Å². The Kier molecular flexibility index (Phi) is 5.88. The van der Waals surface area contributed by atoms with Crippen molar-refractivity contribution in [1.82, 2.24) is 10.2 Å². The van der Waals surface area contributed by atoms with E-state index in [4.69, 9.17) is 14.2 Å². The molecule has 0 bridgehead atoms. The SMILES string of the molecule is COc1cc(C(c2cccc3ccccc23)N2CCNCC2)cc(OC)c1OC. The number of hydrogen-bond donors (Lipinski definition) is 1. The van der Waals surface area contributed by atoms with E-state index in [1.165, 1.54) is 16.3 Å². The number of nitrogens with zero attached hydrogens (tertiary/aromatic N) is 1. The second-order valence-electron chi connectivity index (χ2n) is 7.22. The molecule has 1 aliphatic rings. The van der Waals surface area contributed by atoms with Gasteiger partial charge in [-0.1, -0.05) is 42.5 Å². The van der Waals surface area contributed by atoms with Gasteiger partial charge in [0, 0.05) is 26.2 Å². The Morgan fingerprint density at radius 3 is 2.14 bits per heavy atom. The van der Waals surface area contributed by atoms with Crippen LogP contribution in [0.2, 0.25) is 0 Å². The van der Waals surface area contributed by atoms with E-state index in [9.17, 15) is 0 Å². The summed E-state index contributed by atoms with van der Waals surface area (Å²) >= 11 is 0. The normalized spacial score (nSPS) is 15.8. The number of piperazine rings is 1. The lowest BCUT2D eigenvalue weighted by Gasteiger charge is -2.36. The molecule has 0 radical (unpaired) electrons. The number of nitrogens with one attached hydrogen (secondary N) is 1. The van der Waals surface area contributed by atoms with E-state index >= 15 is 0 Å². The monoisotopic (exact) mass is 392 g/mol. The predicted octanol–water partition coefficient (Wildman–Crippen LogP) is 3.86. The topological polar surface area (TPSA) is 43.0 Å². The lowest BCUT2D eigenvalue weighted by molar-refractivity contribution is 0.198. The highest BCUT2D eigenvalue weighted by atomic mass is 16.5. The lowest BCUT2D eigenvalue weighted by Crippen LogP contribution is -2.45. The summed E-state index contributed by atoms with van der Waals surface area (Å²) in [7, 11) is 4.97. The van der Waals surface area contributed by atoms with Crippen LogP contribution in [-0.4, -0.2) is 52.4 Å². The number of rotatable bonds is 6. The van der Waals surface area contributed by atoms with Gasteiger partial charge in [-0.3, -0.25) is 4.90 Å². The minimum Gasteiger partial charge on any atom is -0.493 e. The van der Waals surface area contributed by atoms with Gasteiger partial charge in [-0.15, -0.1) is 0 Å². The highest BCUT2D eigenvalue weighted by molar-refractivity contribution is 5.86. The van der Waals surface area contributed by atoms with Gasteiger partial charge in [0.1, 0.15) is 0 Å². The maximum absolute atomic E-state index is 5.64. The molecule has 3 aromatic rings. The van der Waals surface area contributed by atoms with Crippen molar-refractivity contribution in [1.29, 1.82) is 0 Å². The molecule has 152 valence electrons. The van der Waals surface area contributed by atoms with E-state index < -0.39 is 0 Å². The highest BCUT2D eigenvalue weighted by Crippen LogP contribution is 2.43. The summed E-state index contributed by atoms with van der Waals surface area (Å²) in [6, 6.07) is 19.4. The van der Waals surface area contributed by atoms with Crippen molar-refractivity contribution in [2.24, 2.45) is 0 Å². The maximum atomic E-state index is 5.64. The lowest BCUT2D eigenvalue weighted by atomic mass is 9.91. The Hall–Kier alpha value is -2.76. The zero-order valence-electron chi connectivity index (χ0n) is 17.3. The third-order valence-electron chi connectivity index (χ3n) is 5.64. The highest BCUT2D eigenvalue weighted by Gasteiger charge is 2.27. The van der Waals surface area contributed by atoms with E-state index in [-0.39, 0.29) is 6.04 Å². The molecule has 1 saturated heterocycles. The molecule has 0 aliphatic carbocycles. The van der Waals surface area contributed by atoms with Gasteiger partial charge in [0.05, 0.1) is 27.4 Å². The molecule has 29 heavy (non-hydrogen) atoms. The molecular weight excluding hydrogens is 364 g/mol. The molecule has 0 amide bonds. The van der Waals surface area contributed by atoms with E-state index in [0.29, 0.717) is 17.2 Å². The molecule has 5 nitrogen and oxygen atoms in total. The van der Waals surface area contributed by atoms with Crippen LogP contribution in [-0.2, 0) is 0 Å². The first-order valence-corrected chi connectivity index (χ1v) is 9.99. The third-order valence-corrected chi connectivity index (χ3v) is 5.64. The van der Waals surface area contributed by atoms with Gasteiger partial charge in [0.2, 0.25) is 5.75 Å². The fraction of sp³-hybridized carbons (Fsp3) is 0.333.